The van der Waals surface area contributed by atoms with Crippen LogP contribution in [0.4, 0.5) is 5.82 Å². The number of aliphatic hydroxyl groups excluding tert-OH is 1. The molecule has 1 saturated heterocycles. The number of anilines is 1. The Labute approximate surface area is 108 Å². The van der Waals surface area contributed by atoms with Crippen LogP contribution in [0, 0.1) is 5.92 Å². The van der Waals surface area contributed by atoms with Gasteiger partial charge in [0.1, 0.15) is 0 Å². The summed E-state index contributed by atoms with van der Waals surface area (Å²) in [6.07, 6.45) is 0.590. The van der Waals surface area contributed by atoms with Crippen LogP contribution in [0.3, 0.4) is 0 Å². The van der Waals surface area contributed by atoms with Crippen LogP contribution in [0.25, 0.3) is 0 Å². The van der Waals surface area contributed by atoms with Gasteiger partial charge in [-0.1, -0.05) is 32.4 Å². The van der Waals surface area contributed by atoms with E-state index in [-0.39, 0.29) is 12.0 Å². The van der Waals surface area contributed by atoms with Crippen molar-refractivity contribution in [3.63, 3.8) is 0 Å². The Morgan fingerprint density at radius 2 is 2.06 bits per heavy atom. The molecule has 0 bridgehead atoms. The molecule has 2 atom stereocenters. The molecule has 2 rings (SSSR count). The lowest BCUT2D eigenvalue weighted by Gasteiger charge is -2.34. The molecule has 96 valence electrons. The summed E-state index contributed by atoms with van der Waals surface area (Å²) in [4.78, 5) is 2.13. The first-order valence-corrected chi connectivity index (χ1v) is 6.47. The Balaban J connectivity index is 0.000000686. The van der Waals surface area contributed by atoms with E-state index in [1.807, 2.05) is 26.8 Å². The molecular weight excluding hydrogens is 238 g/mol. The van der Waals surface area contributed by atoms with Gasteiger partial charge in [-0.2, -0.15) is 0 Å². The zero-order valence-corrected chi connectivity index (χ0v) is 11.4. The number of aliphatic hydroxyl groups is 1. The first kappa shape index (κ1) is 14.2. The van der Waals surface area contributed by atoms with Gasteiger partial charge in [-0.15, -0.1) is 10.2 Å². The predicted octanol–water partition coefficient (Wildman–Crippen LogP) is 2.36. The van der Waals surface area contributed by atoms with E-state index in [1.54, 1.807) is 6.07 Å². The Kier molecular flexibility index (Phi) is 5.65. The van der Waals surface area contributed by atoms with Gasteiger partial charge in [0.2, 0.25) is 0 Å². The third kappa shape index (κ3) is 3.82. The van der Waals surface area contributed by atoms with Crippen LogP contribution in [-0.2, 0) is 0 Å². The average molecular weight is 258 g/mol. The van der Waals surface area contributed by atoms with Gasteiger partial charge in [0.05, 0.1) is 6.10 Å². The van der Waals surface area contributed by atoms with Crippen LogP contribution >= 0.6 is 11.6 Å². The lowest BCUT2D eigenvalue weighted by molar-refractivity contribution is 0.0968. The molecule has 1 fully saturated rings. The van der Waals surface area contributed by atoms with Crippen molar-refractivity contribution in [3.05, 3.63) is 17.3 Å². The molecule has 0 amide bonds. The van der Waals surface area contributed by atoms with E-state index in [2.05, 4.69) is 15.1 Å². The van der Waals surface area contributed by atoms with Crippen LogP contribution in [0.5, 0.6) is 0 Å². The molecule has 17 heavy (non-hydrogen) atoms. The fraction of sp³-hybridized carbons (Fsp3) is 0.667. The number of nitrogens with zero attached hydrogens (tertiary/aromatic N) is 3. The summed E-state index contributed by atoms with van der Waals surface area (Å²) in [5, 5.41) is 17.8. The second-order valence-corrected chi connectivity index (χ2v) is 4.38. The largest absolute Gasteiger partial charge is 0.393 e. The zero-order chi connectivity index (χ0) is 12.8. The highest BCUT2D eigenvalue weighted by Gasteiger charge is 2.24. The molecule has 0 radical (unpaired) electrons. The molecule has 1 aliphatic rings. The molecule has 5 heteroatoms. The summed E-state index contributed by atoms with van der Waals surface area (Å²) in [7, 11) is 0. The summed E-state index contributed by atoms with van der Waals surface area (Å²) in [6.45, 7) is 7.68. The molecule has 1 aromatic rings. The van der Waals surface area contributed by atoms with Crippen molar-refractivity contribution < 1.29 is 5.11 Å². The Hall–Kier alpha value is -0.870. The van der Waals surface area contributed by atoms with Crippen LogP contribution in [0.2, 0.25) is 5.15 Å². The summed E-state index contributed by atoms with van der Waals surface area (Å²) in [5.41, 5.74) is 0. The molecule has 1 aromatic heterocycles. The van der Waals surface area contributed by atoms with Gasteiger partial charge >= 0.3 is 0 Å². The number of halogens is 1. The van der Waals surface area contributed by atoms with Gasteiger partial charge in [-0.05, 0) is 24.5 Å². The van der Waals surface area contributed by atoms with Crippen molar-refractivity contribution in [2.45, 2.75) is 33.3 Å². The molecular formula is C12H20ClN3O. The second-order valence-electron chi connectivity index (χ2n) is 3.99. The molecule has 0 saturated carbocycles. The second kappa shape index (κ2) is 6.77. The highest BCUT2D eigenvalue weighted by molar-refractivity contribution is 6.29. The first-order valence-electron chi connectivity index (χ1n) is 6.09. The number of hydrogen-bond donors (Lipinski definition) is 1. The van der Waals surface area contributed by atoms with Crippen molar-refractivity contribution >= 4 is 17.4 Å². The van der Waals surface area contributed by atoms with Crippen molar-refractivity contribution in [1.82, 2.24) is 10.2 Å². The lowest BCUT2D eigenvalue weighted by Crippen LogP contribution is -2.42. The quantitative estimate of drug-likeness (QED) is 0.839. The standard InChI is InChI=1S/C10H14ClN3O.C2H6/c1-7-6-14(5-4-8(7)15)10-3-2-9(11)12-13-10;1-2/h2-3,7-8,15H,4-6H2,1H3;1-2H3. The van der Waals surface area contributed by atoms with Gasteiger partial charge < -0.3 is 10.0 Å². The maximum atomic E-state index is 9.60. The SMILES string of the molecule is CC.CC1CN(c2ccc(Cl)nn2)CCC1O. The van der Waals surface area contributed by atoms with Crippen molar-refractivity contribution in [1.29, 1.82) is 0 Å². The smallest absolute Gasteiger partial charge is 0.151 e. The van der Waals surface area contributed by atoms with Crippen molar-refractivity contribution in [2.75, 3.05) is 18.0 Å². The van der Waals surface area contributed by atoms with Crippen LogP contribution < -0.4 is 4.90 Å². The predicted molar refractivity (Wildman–Crippen MR) is 70.4 cm³/mol. The molecule has 4 nitrogen and oxygen atoms in total. The maximum absolute atomic E-state index is 9.60. The molecule has 2 unspecified atom stereocenters. The Morgan fingerprint density at radius 3 is 2.59 bits per heavy atom. The van der Waals surface area contributed by atoms with Gasteiger partial charge in [0, 0.05) is 13.1 Å². The monoisotopic (exact) mass is 257 g/mol. The van der Waals surface area contributed by atoms with E-state index in [4.69, 9.17) is 11.6 Å². The fourth-order valence-corrected chi connectivity index (χ4v) is 1.92. The van der Waals surface area contributed by atoms with Crippen molar-refractivity contribution in [3.8, 4) is 0 Å². The number of rotatable bonds is 1. The lowest BCUT2D eigenvalue weighted by atomic mass is 9.97. The molecule has 1 aliphatic heterocycles. The average Bonchev–Trinajstić information content (AvgIpc) is 2.36. The summed E-state index contributed by atoms with van der Waals surface area (Å²) < 4.78 is 0. The van der Waals surface area contributed by atoms with Crippen LogP contribution in [0.1, 0.15) is 27.2 Å². The maximum Gasteiger partial charge on any atom is 0.151 e. The fourth-order valence-electron chi connectivity index (χ4n) is 1.82. The van der Waals surface area contributed by atoms with Gasteiger partial charge in [-0.3, -0.25) is 0 Å². The Bertz CT molecular complexity index is 331. The number of piperidine rings is 1. The minimum atomic E-state index is -0.193. The highest BCUT2D eigenvalue weighted by atomic mass is 35.5. The van der Waals surface area contributed by atoms with Crippen LogP contribution in [-0.4, -0.2) is 34.5 Å². The van der Waals surface area contributed by atoms with E-state index in [0.717, 1.165) is 25.3 Å². The zero-order valence-electron chi connectivity index (χ0n) is 10.6. The van der Waals surface area contributed by atoms with Gasteiger partial charge in [-0.25, -0.2) is 0 Å². The van der Waals surface area contributed by atoms with E-state index >= 15 is 0 Å². The van der Waals surface area contributed by atoms with Gasteiger partial charge in [0.25, 0.3) is 0 Å². The van der Waals surface area contributed by atoms with Crippen LogP contribution in [0.15, 0.2) is 12.1 Å². The third-order valence-electron chi connectivity index (χ3n) is 2.80. The topological polar surface area (TPSA) is 49.2 Å². The van der Waals surface area contributed by atoms with E-state index in [1.165, 1.54) is 0 Å². The summed E-state index contributed by atoms with van der Waals surface area (Å²) >= 11 is 5.67. The third-order valence-corrected chi connectivity index (χ3v) is 3.00. The Morgan fingerprint density at radius 1 is 1.35 bits per heavy atom. The minimum Gasteiger partial charge on any atom is -0.393 e. The first-order chi connectivity index (χ1) is 8.16. The normalized spacial score (nSPS) is 23.9. The minimum absolute atomic E-state index is 0.193. The van der Waals surface area contributed by atoms with Crippen molar-refractivity contribution in [2.24, 2.45) is 5.92 Å². The highest BCUT2D eigenvalue weighted by Crippen LogP contribution is 2.21. The summed E-state index contributed by atoms with van der Waals surface area (Å²) in [5.74, 6) is 1.11. The summed E-state index contributed by atoms with van der Waals surface area (Å²) in [6, 6.07) is 3.60. The van der Waals surface area contributed by atoms with E-state index in [0.29, 0.717) is 5.15 Å². The van der Waals surface area contributed by atoms with E-state index < -0.39 is 0 Å². The number of aromatic nitrogens is 2. The number of hydrogen-bond acceptors (Lipinski definition) is 4. The molecule has 0 spiro atoms. The van der Waals surface area contributed by atoms with E-state index in [9.17, 15) is 5.11 Å². The van der Waals surface area contributed by atoms with Gasteiger partial charge in [0.15, 0.2) is 11.0 Å². The molecule has 1 N–H and O–H groups in total. The molecule has 0 aliphatic carbocycles. The molecule has 0 aromatic carbocycles. The molecule has 2 heterocycles.